The molecule has 1 unspecified atom stereocenters. The number of ether oxygens (including phenoxy) is 1. The molecule has 0 radical (unpaired) electrons. The van der Waals surface area contributed by atoms with Gasteiger partial charge in [-0.15, -0.1) is 0 Å². The molecule has 0 spiro atoms. The summed E-state index contributed by atoms with van der Waals surface area (Å²) in [5.74, 6) is -1.47. The predicted molar refractivity (Wildman–Crippen MR) is 65.5 cm³/mol. The molecule has 8 heteroatoms. The van der Waals surface area contributed by atoms with Gasteiger partial charge in [0.2, 0.25) is 5.91 Å². The largest absolute Gasteiger partial charge is 0.457 e. The van der Waals surface area contributed by atoms with Gasteiger partial charge < -0.3 is 15.2 Å². The van der Waals surface area contributed by atoms with Gasteiger partial charge >= 0.3 is 12.1 Å². The zero-order valence-corrected chi connectivity index (χ0v) is 11.0. The summed E-state index contributed by atoms with van der Waals surface area (Å²) in [6, 6.07) is 4.24. The highest BCUT2D eigenvalue weighted by atomic mass is 19.4. The van der Waals surface area contributed by atoms with E-state index in [-0.39, 0.29) is 12.3 Å². The summed E-state index contributed by atoms with van der Waals surface area (Å²) >= 11 is 0. The summed E-state index contributed by atoms with van der Waals surface area (Å²) in [5, 5.41) is 11.5. The molecular weight excluding hydrogens is 291 g/mol. The second-order valence-electron chi connectivity index (χ2n) is 4.94. The standard InChI is InChI=1S/C13H12F3NO4/c1-12(20,13(14,15)16)5-10(18)17-8-2-3-9-7(4-8)6-21-11(9)19/h2-4,20H,5-6H2,1H3,(H,17,18). The summed E-state index contributed by atoms with van der Waals surface area (Å²) in [6.07, 6.45) is -6.02. The minimum Gasteiger partial charge on any atom is -0.457 e. The van der Waals surface area contributed by atoms with E-state index in [1.54, 1.807) is 0 Å². The van der Waals surface area contributed by atoms with Gasteiger partial charge in [-0.1, -0.05) is 0 Å². The maximum absolute atomic E-state index is 12.5. The highest BCUT2D eigenvalue weighted by Crippen LogP contribution is 2.33. The number of carbonyl (C=O) groups is 2. The molecule has 0 aromatic heterocycles. The molecule has 0 saturated carbocycles. The van der Waals surface area contributed by atoms with Crippen LogP contribution in [0, 0.1) is 0 Å². The van der Waals surface area contributed by atoms with Crippen molar-refractivity contribution in [3.05, 3.63) is 29.3 Å². The van der Waals surface area contributed by atoms with Crippen LogP contribution in [0.25, 0.3) is 0 Å². The maximum Gasteiger partial charge on any atom is 0.417 e. The number of hydrogen-bond donors (Lipinski definition) is 2. The first-order valence-electron chi connectivity index (χ1n) is 5.99. The zero-order chi connectivity index (χ0) is 15.8. The lowest BCUT2D eigenvalue weighted by atomic mass is 10.0. The van der Waals surface area contributed by atoms with Gasteiger partial charge in [-0.05, 0) is 25.1 Å². The fourth-order valence-electron chi connectivity index (χ4n) is 1.83. The van der Waals surface area contributed by atoms with Gasteiger partial charge in [0.1, 0.15) is 6.61 Å². The van der Waals surface area contributed by atoms with Crippen molar-refractivity contribution in [1.82, 2.24) is 0 Å². The molecule has 2 N–H and O–H groups in total. The summed E-state index contributed by atoms with van der Waals surface area (Å²) in [6.45, 7) is 0.583. The Morgan fingerprint density at radius 3 is 2.71 bits per heavy atom. The number of nitrogens with one attached hydrogen (secondary N) is 1. The third-order valence-corrected chi connectivity index (χ3v) is 3.08. The molecule has 1 heterocycles. The summed E-state index contributed by atoms with van der Waals surface area (Å²) in [4.78, 5) is 22.8. The third-order valence-electron chi connectivity index (χ3n) is 3.08. The van der Waals surface area contributed by atoms with Crippen molar-refractivity contribution in [2.45, 2.75) is 31.7 Å². The van der Waals surface area contributed by atoms with E-state index in [0.717, 1.165) is 0 Å². The number of aliphatic hydroxyl groups is 1. The van der Waals surface area contributed by atoms with Crippen LogP contribution in [-0.2, 0) is 16.1 Å². The number of esters is 1. The molecule has 5 nitrogen and oxygen atoms in total. The average molecular weight is 303 g/mol. The third kappa shape index (κ3) is 3.15. The molecule has 1 amide bonds. The Kier molecular flexibility index (Phi) is 3.66. The van der Waals surface area contributed by atoms with Crippen molar-refractivity contribution >= 4 is 17.6 Å². The zero-order valence-electron chi connectivity index (χ0n) is 11.0. The van der Waals surface area contributed by atoms with Crippen LogP contribution in [0.5, 0.6) is 0 Å². The molecule has 1 aromatic carbocycles. The molecule has 2 rings (SSSR count). The predicted octanol–water partition coefficient (Wildman–Crippen LogP) is 2.00. The monoisotopic (exact) mass is 303 g/mol. The first-order valence-corrected chi connectivity index (χ1v) is 5.99. The van der Waals surface area contributed by atoms with Crippen LogP contribution < -0.4 is 5.32 Å². The van der Waals surface area contributed by atoms with Crippen molar-refractivity contribution < 1.29 is 32.6 Å². The van der Waals surface area contributed by atoms with E-state index in [9.17, 15) is 27.9 Å². The average Bonchev–Trinajstić information content (AvgIpc) is 2.68. The molecule has 0 bridgehead atoms. The Morgan fingerprint density at radius 1 is 1.43 bits per heavy atom. The van der Waals surface area contributed by atoms with E-state index < -0.39 is 30.1 Å². The minimum atomic E-state index is -4.90. The van der Waals surface area contributed by atoms with Crippen LogP contribution >= 0.6 is 0 Å². The van der Waals surface area contributed by atoms with Crippen LogP contribution in [0.3, 0.4) is 0 Å². The van der Waals surface area contributed by atoms with E-state index in [1.807, 2.05) is 0 Å². The first kappa shape index (κ1) is 15.3. The van der Waals surface area contributed by atoms with E-state index in [1.165, 1.54) is 18.2 Å². The number of rotatable bonds is 3. The number of carbonyl (C=O) groups excluding carboxylic acids is 2. The minimum absolute atomic E-state index is 0.0537. The molecule has 1 atom stereocenters. The van der Waals surface area contributed by atoms with E-state index in [4.69, 9.17) is 4.74 Å². The normalized spacial score (nSPS) is 16.9. The molecule has 1 aromatic rings. The summed E-state index contributed by atoms with van der Waals surface area (Å²) in [5.41, 5.74) is -1.97. The summed E-state index contributed by atoms with van der Waals surface area (Å²) < 4.78 is 42.2. The number of cyclic esters (lactones) is 1. The number of benzene rings is 1. The second kappa shape index (κ2) is 5.03. The molecule has 1 aliphatic rings. The van der Waals surface area contributed by atoms with Gasteiger partial charge in [-0.2, -0.15) is 13.2 Å². The Labute approximate surface area is 117 Å². The van der Waals surface area contributed by atoms with Crippen molar-refractivity contribution in [1.29, 1.82) is 0 Å². The fourth-order valence-corrected chi connectivity index (χ4v) is 1.83. The molecule has 1 aliphatic heterocycles. The quantitative estimate of drug-likeness (QED) is 0.837. The second-order valence-corrected chi connectivity index (χ2v) is 4.94. The maximum atomic E-state index is 12.5. The highest BCUT2D eigenvalue weighted by molar-refractivity contribution is 5.96. The smallest absolute Gasteiger partial charge is 0.417 e. The van der Waals surface area contributed by atoms with Crippen LogP contribution in [0.4, 0.5) is 18.9 Å². The Hall–Kier alpha value is -2.09. The Morgan fingerprint density at radius 2 is 2.10 bits per heavy atom. The van der Waals surface area contributed by atoms with E-state index >= 15 is 0 Å². The lowest BCUT2D eigenvalue weighted by molar-refractivity contribution is -0.252. The lowest BCUT2D eigenvalue weighted by Gasteiger charge is -2.25. The van der Waals surface area contributed by atoms with Gasteiger partial charge in [-0.3, -0.25) is 4.79 Å². The molecule has 21 heavy (non-hydrogen) atoms. The first-order chi connectivity index (χ1) is 9.60. The van der Waals surface area contributed by atoms with Crippen molar-refractivity contribution in [2.75, 3.05) is 5.32 Å². The number of fused-ring (bicyclic) bond motifs is 1. The topological polar surface area (TPSA) is 75.6 Å². The van der Waals surface area contributed by atoms with Crippen LogP contribution in [0.2, 0.25) is 0 Å². The lowest BCUT2D eigenvalue weighted by Crippen LogP contribution is -2.44. The number of halogens is 3. The number of anilines is 1. The number of hydrogen-bond acceptors (Lipinski definition) is 4. The van der Waals surface area contributed by atoms with Crippen LogP contribution in [-0.4, -0.2) is 28.8 Å². The molecular formula is C13H12F3NO4. The van der Waals surface area contributed by atoms with Gasteiger partial charge in [0.25, 0.3) is 0 Å². The molecule has 0 saturated heterocycles. The van der Waals surface area contributed by atoms with Gasteiger partial charge in [0, 0.05) is 11.3 Å². The summed E-state index contributed by atoms with van der Waals surface area (Å²) in [7, 11) is 0. The van der Waals surface area contributed by atoms with Crippen LogP contribution in [0.1, 0.15) is 29.3 Å². The highest BCUT2D eigenvalue weighted by Gasteiger charge is 2.50. The van der Waals surface area contributed by atoms with Crippen molar-refractivity contribution in [3.8, 4) is 0 Å². The van der Waals surface area contributed by atoms with E-state index in [2.05, 4.69) is 5.32 Å². The van der Waals surface area contributed by atoms with Crippen molar-refractivity contribution in [3.63, 3.8) is 0 Å². The Balaban J connectivity index is 2.06. The SMILES string of the molecule is CC(O)(CC(=O)Nc1ccc2c(c1)COC2=O)C(F)(F)F. The van der Waals surface area contributed by atoms with Crippen molar-refractivity contribution in [2.24, 2.45) is 0 Å². The number of alkyl halides is 3. The number of amides is 1. The molecule has 114 valence electrons. The fraction of sp³-hybridized carbons (Fsp3) is 0.385. The molecule has 0 fully saturated rings. The van der Waals surface area contributed by atoms with Gasteiger partial charge in [0.05, 0.1) is 12.0 Å². The van der Waals surface area contributed by atoms with Crippen LogP contribution in [0.15, 0.2) is 18.2 Å². The van der Waals surface area contributed by atoms with Gasteiger partial charge in [0.15, 0.2) is 5.60 Å². The van der Waals surface area contributed by atoms with E-state index in [0.29, 0.717) is 18.1 Å². The van der Waals surface area contributed by atoms with Gasteiger partial charge in [-0.25, -0.2) is 4.79 Å². The molecule has 0 aliphatic carbocycles. The Bertz CT molecular complexity index is 596.